The van der Waals surface area contributed by atoms with Crippen molar-refractivity contribution < 1.29 is 9.72 Å². The molecule has 0 aliphatic heterocycles. The summed E-state index contributed by atoms with van der Waals surface area (Å²) in [5.74, 6) is -0.249. The van der Waals surface area contributed by atoms with Gasteiger partial charge in [0.25, 0.3) is 11.6 Å². The van der Waals surface area contributed by atoms with Crippen LogP contribution in [0.1, 0.15) is 32.1 Å². The number of thiophene rings is 1. The maximum atomic E-state index is 12.0. The quantitative estimate of drug-likeness (QED) is 0.535. The third kappa shape index (κ3) is 3.04. The SMILES string of the molecule is O=C(N/N=C\c1cccc([N+](=O)[O-])c1)c1cc2c(s1)CCC2. The number of amides is 1. The summed E-state index contributed by atoms with van der Waals surface area (Å²) in [7, 11) is 0. The highest BCUT2D eigenvalue weighted by atomic mass is 32.1. The van der Waals surface area contributed by atoms with Crippen molar-refractivity contribution in [2.45, 2.75) is 19.3 Å². The minimum Gasteiger partial charge on any atom is -0.266 e. The number of carbonyl (C=O) groups is 1. The third-order valence-electron chi connectivity index (χ3n) is 3.43. The molecule has 1 amide bonds. The predicted octanol–water partition coefficient (Wildman–Crippen LogP) is 2.91. The second-order valence-corrected chi connectivity index (χ2v) is 6.10. The van der Waals surface area contributed by atoms with Gasteiger partial charge >= 0.3 is 0 Å². The van der Waals surface area contributed by atoms with Gasteiger partial charge in [0.1, 0.15) is 0 Å². The summed E-state index contributed by atoms with van der Waals surface area (Å²) in [5, 5.41) is 14.5. The van der Waals surface area contributed by atoms with Crippen LogP contribution in [0.3, 0.4) is 0 Å². The van der Waals surface area contributed by atoms with Gasteiger partial charge in [-0.25, -0.2) is 5.43 Å². The molecule has 0 saturated heterocycles. The van der Waals surface area contributed by atoms with Crippen LogP contribution in [0.4, 0.5) is 5.69 Å². The molecular weight excluding hydrogens is 302 g/mol. The predicted molar refractivity (Wildman–Crippen MR) is 84.5 cm³/mol. The maximum absolute atomic E-state index is 12.0. The molecule has 112 valence electrons. The minimum atomic E-state index is -0.469. The summed E-state index contributed by atoms with van der Waals surface area (Å²) in [6.45, 7) is 0. The molecule has 1 aliphatic carbocycles. The Labute approximate surface area is 130 Å². The van der Waals surface area contributed by atoms with E-state index in [-0.39, 0.29) is 11.6 Å². The largest absolute Gasteiger partial charge is 0.281 e. The number of aryl methyl sites for hydroxylation is 2. The van der Waals surface area contributed by atoms with Gasteiger partial charge in [-0.05, 0) is 30.9 Å². The lowest BCUT2D eigenvalue weighted by Crippen LogP contribution is -2.16. The highest BCUT2D eigenvalue weighted by Crippen LogP contribution is 2.30. The fraction of sp³-hybridized carbons (Fsp3) is 0.200. The number of nitrogens with one attached hydrogen (secondary N) is 1. The van der Waals surface area contributed by atoms with Crippen LogP contribution < -0.4 is 5.43 Å². The first-order valence-corrected chi connectivity index (χ1v) is 7.64. The molecule has 0 bridgehead atoms. The van der Waals surface area contributed by atoms with Crippen LogP contribution in [0.25, 0.3) is 0 Å². The molecule has 2 aromatic rings. The van der Waals surface area contributed by atoms with E-state index in [9.17, 15) is 14.9 Å². The fourth-order valence-electron chi connectivity index (χ4n) is 2.38. The summed E-state index contributed by atoms with van der Waals surface area (Å²) in [6, 6.07) is 7.98. The Hall–Kier alpha value is -2.54. The molecule has 22 heavy (non-hydrogen) atoms. The molecular formula is C15H13N3O3S. The van der Waals surface area contributed by atoms with Crippen LogP contribution >= 0.6 is 11.3 Å². The molecule has 0 spiro atoms. The van der Waals surface area contributed by atoms with E-state index >= 15 is 0 Å². The highest BCUT2D eigenvalue weighted by molar-refractivity contribution is 7.14. The summed E-state index contributed by atoms with van der Waals surface area (Å²) < 4.78 is 0. The van der Waals surface area contributed by atoms with E-state index in [1.165, 1.54) is 40.1 Å². The van der Waals surface area contributed by atoms with Crippen molar-refractivity contribution in [2.75, 3.05) is 0 Å². The number of carbonyl (C=O) groups excluding carboxylic acids is 1. The lowest BCUT2D eigenvalue weighted by molar-refractivity contribution is -0.384. The van der Waals surface area contributed by atoms with Gasteiger partial charge in [-0.2, -0.15) is 5.10 Å². The molecule has 0 fully saturated rings. The van der Waals surface area contributed by atoms with Crippen LogP contribution in [0.5, 0.6) is 0 Å². The molecule has 1 aromatic carbocycles. The first kappa shape index (κ1) is 14.4. The minimum absolute atomic E-state index is 0.00930. The van der Waals surface area contributed by atoms with Crippen molar-refractivity contribution in [1.82, 2.24) is 5.43 Å². The number of fused-ring (bicyclic) bond motifs is 1. The Bertz CT molecular complexity index is 746. The van der Waals surface area contributed by atoms with Crippen molar-refractivity contribution in [1.29, 1.82) is 0 Å². The Kier molecular flexibility index (Phi) is 3.97. The first-order valence-electron chi connectivity index (χ1n) is 6.83. The summed E-state index contributed by atoms with van der Waals surface area (Å²) in [5.41, 5.74) is 4.27. The van der Waals surface area contributed by atoms with E-state index in [0.717, 1.165) is 19.3 Å². The van der Waals surface area contributed by atoms with Crippen molar-refractivity contribution in [3.8, 4) is 0 Å². The Morgan fingerprint density at radius 3 is 3.00 bits per heavy atom. The van der Waals surface area contributed by atoms with Crippen molar-refractivity contribution in [2.24, 2.45) is 5.10 Å². The van der Waals surface area contributed by atoms with Gasteiger partial charge in [0.05, 0.1) is 16.0 Å². The number of non-ortho nitro benzene ring substituents is 1. The van der Waals surface area contributed by atoms with Gasteiger partial charge in [-0.3, -0.25) is 14.9 Å². The maximum Gasteiger partial charge on any atom is 0.281 e. The van der Waals surface area contributed by atoms with E-state index in [2.05, 4.69) is 10.5 Å². The van der Waals surface area contributed by atoms with Crippen molar-refractivity contribution in [3.63, 3.8) is 0 Å². The number of hydrogen-bond acceptors (Lipinski definition) is 5. The molecule has 1 heterocycles. The highest BCUT2D eigenvalue weighted by Gasteiger charge is 2.18. The van der Waals surface area contributed by atoms with Crippen LogP contribution in [0.2, 0.25) is 0 Å². The lowest BCUT2D eigenvalue weighted by Gasteiger charge is -1.97. The first-order chi connectivity index (χ1) is 10.6. The van der Waals surface area contributed by atoms with Gasteiger partial charge in [0.15, 0.2) is 0 Å². The second kappa shape index (κ2) is 6.07. The molecule has 1 N–H and O–H groups in total. The normalized spacial score (nSPS) is 13.3. The third-order valence-corrected chi connectivity index (χ3v) is 4.67. The number of nitro groups is 1. The Morgan fingerprint density at radius 1 is 1.36 bits per heavy atom. The van der Waals surface area contributed by atoms with E-state index in [4.69, 9.17) is 0 Å². The van der Waals surface area contributed by atoms with Gasteiger partial charge < -0.3 is 0 Å². The number of benzene rings is 1. The van der Waals surface area contributed by atoms with Crippen LogP contribution in [-0.2, 0) is 12.8 Å². The van der Waals surface area contributed by atoms with Gasteiger partial charge in [-0.1, -0.05) is 12.1 Å². The zero-order chi connectivity index (χ0) is 15.5. The number of hydrogen-bond donors (Lipinski definition) is 1. The second-order valence-electron chi connectivity index (χ2n) is 4.96. The zero-order valence-electron chi connectivity index (χ0n) is 11.6. The molecule has 0 atom stereocenters. The molecule has 0 saturated carbocycles. The molecule has 7 heteroatoms. The van der Waals surface area contributed by atoms with Crippen molar-refractivity contribution in [3.05, 3.63) is 61.3 Å². The van der Waals surface area contributed by atoms with Crippen molar-refractivity contribution >= 4 is 29.1 Å². The van der Waals surface area contributed by atoms with Crippen LogP contribution in [0, 0.1) is 10.1 Å². The monoisotopic (exact) mass is 315 g/mol. The summed E-state index contributed by atoms with van der Waals surface area (Å²) in [6.07, 6.45) is 4.64. The Morgan fingerprint density at radius 2 is 2.23 bits per heavy atom. The molecule has 1 aromatic heterocycles. The topological polar surface area (TPSA) is 84.6 Å². The standard InChI is InChI=1S/C15H13N3O3S/c19-15(14-8-11-4-2-6-13(11)22-14)17-16-9-10-3-1-5-12(7-10)18(20)21/h1,3,5,7-9H,2,4,6H2,(H,17,19)/b16-9-. The van der Waals surface area contributed by atoms with Gasteiger partial charge in [0, 0.05) is 22.6 Å². The number of hydrazone groups is 1. The molecule has 0 unspecified atom stereocenters. The molecule has 3 rings (SSSR count). The zero-order valence-corrected chi connectivity index (χ0v) is 12.4. The molecule has 1 aliphatic rings. The molecule has 0 radical (unpaired) electrons. The van der Waals surface area contributed by atoms with Gasteiger partial charge in [0.2, 0.25) is 0 Å². The average Bonchev–Trinajstić information content (AvgIpc) is 3.08. The van der Waals surface area contributed by atoms with Crippen LogP contribution in [0.15, 0.2) is 35.4 Å². The van der Waals surface area contributed by atoms with E-state index in [1.54, 1.807) is 12.1 Å². The number of nitrogens with zero attached hydrogens (tertiary/aromatic N) is 2. The Balaban J connectivity index is 1.65. The van der Waals surface area contributed by atoms with E-state index < -0.39 is 4.92 Å². The van der Waals surface area contributed by atoms with Gasteiger partial charge in [-0.15, -0.1) is 11.3 Å². The van der Waals surface area contributed by atoms with Crippen LogP contribution in [-0.4, -0.2) is 17.0 Å². The summed E-state index contributed by atoms with van der Waals surface area (Å²) >= 11 is 1.51. The lowest BCUT2D eigenvalue weighted by atomic mass is 10.2. The van der Waals surface area contributed by atoms with E-state index in [1.807, 2.05) is 6.07 Å². The smallest absolute Gasteiger partial charge is 0.266 e. The number of rotatable bonds is 4. The van der Waals surface area contributed by atoms with E-state index in [0.29, 0.717) is 10.4 Å². The fourth-order valence-corrected chi connectivity index (χ4v) is 3.52. The number of nitro benzene ring substituents is 1. The average molecular weight is 315 g/mol. The summed E-state index contributed by atoms with van der Waals surface area (Å²) in [4.78, 5) is 24.1. The molecule has 6 nitrogen and oxygen atoms in total.